The van der Waals surface area contributed by atoms with Crippen LogP contribution in [0.1, 0.15) is 18.1 Å². The molecule has 2 heteroatoms. The van der Waals surface area contributed by atoms with Crippen molar-refractivity contribution in [1.29, 1.82) is 0 Å². The van der Waals surface area contributed by atoms with Crippen LogP contribution in [0, 0.1) is 0 Å². The standard InChI is InChI=1S/C13H14O2/c1-2-11-7-9-12(10-8-11)5-3-4-6-13(14)15/h3-10H,2H2,1H3,(H,14,15). The Bertz CT molecular complexity index is 372. The van der Waals surface area contributed by atoms with E-state index in [0.29, 0.717) is 0 Å². The van der Waals surface area contributed by atoms with E-state index in [1.165, 1.54) is 11.6 Å². The summed E-state index contributed by atoms with van der Waals surface area (Å²) in [6.45, 7) is 2.11. The molecule has 1 aromatic carbocycles. The first kappa shape index (κ1) is 11.2. The molecule has 0 aliphatic carbocycles. The fourth-order valence-electron chi connectivity index (χ4n) is 1.17. The molecule has 0 aliphatic rings. The number of rotatable bonds is 4. The molecule has 0 heterocycles. The van der Waals surface area contributed by atoms with Crippen LogP contribution in [0.2, 0.25) is 0 Å². The minimum absolute atomic E-state index is 0.930. The highest BCUT2D eigenvalue weighted by molar-refractivity contribution is 5.80. The van der Waals surface area contributed by atoms with Gasteiger partial charge in [-0.2, -0.15) is 0 Å². The van der Waals surface area contributed by atoms with Crippen LogP contribution in [0.3, 0.4) is 0 Å². The van der Waals surface area contributed by atoms with E-state index in [0.717, 1.165) is 18.1 Å². The summed E-state index contributed by atoms with van der Waals surface area (Å²) in [6, 6.07) is 8.18. The van der Waals surface area contributed by atoms with Gasteiger partial charge in [-0.15, -0.1) is 0 Å². The third-order valence-corrected chi connectivity index (χ3v) is 2.03. The van der Waals surface area contributed by atoms with Gasteiger partial charge in [0.2, 0.25) is 0 Å². The smallest absolute Gasteiger partial charge is 0.328 e. The fourth-order valence-corrected chi connectivity index (χ4v) is 1.17. The molecule has 0 aromatic heterocycles. The molecule has 1 aromatic rings. The van der Waals surface area contributed by atoms with Gasteiger partial charge in [-0.1, -0.05) is 49.4 Å². The van der Waals surface area contributed by atoms with Crippen LogP contribution in [0.4, 0.5) is 0 Å². The Kier molecular flexibility index (Phi) is 4.35. The molecule has 0 saturated carbocycles. The molecule has 15 heavy (non-hydrogen) atoms. The van der Waals surface area contributed by atoms with Gasteiger partial charge in [0.1, 0.15) is 0 Å². The summed E-state index contributed by atoms with van der Waals surface area (Å²) >= 11 is 0. The van der Waals surface area contributed by atoms with Gasteiger partial charge in [0.25, 0.3) is 0 Å². The predicted molar refractivity (Wildman–Crippen MR) is 61.6 cm³/mol. The van der Waals surface area contributed by atoms with Gasteiger partial charge >= 0.3 is 5.97 Å². The molecule has 78 valence electrons. The van der Waals surface area contributed by atoms with Crippen molar-refractivity contribution in [3.8, 4) is 0 Å². The predicted octanol–water partition coefficient (Wildman–Crippen LogP) is 2.90. The Morgan fingerprint density at radius 2 is 1.93 bits per heavy atom. The minimum atomic E-state index is -0.930. The molecule has 0 unspecified atom stereocenters. The monoisotopic (exact) mass is 202 g/mol. The number of aryl methyl sites for hydroxylation is 1. The molecule has 0 bridgehead atoms. The zero-order valence-corrected chi connectivity index (χ0v) is 8.68. The van der Waals surface area contributed by atoms with Crippen molar-refractivity contribution >= 4 is 12.0 Å². The van der Waals surface area contributed by atoms with Gasteiger partial charge in [-0.05, 0) is 17.5 Å². The quantitative estimate of drug-likeness (QED) is 0.602. The average Bonchev–Trinajstić information content (AvgIpc) is 2.25. The van der Waals surface area contributed by atoms with Crippen LogP contribution in [0.25, 0.3) is 6.08 Å². The minimum Gasteiger partial charge on any atom is -0.478 e. The maximum Gasteiger partial charge on any atom is 0.328 e. The van der Waals surface area contributed by atoms with Crippen molar-refractivity contribution in [1.82, 2.24) is 0 Å². The normalized spacial score (nSPS) is 11.3. The van der Waals surface area contributed by atoms with Crippen LogP contribution in [0.15, 0.2) is 42.5 Å². The molecule has 0 aliphatic heterocycles. The highest BCUT2D eigenvalue weighted by Gasteiger charge is 1.88. The maximum absolute atomic E-state index is 10.2. The topological polar surface area (TPSA) is 37.3 Å². The number of benzene rings is 1. The van der Waals surface area contributed by atoms with E-state index in [9.17, 15) is 4.79 Å². The second-order valence-corrected chi connectivity index (χ2v) is 3.15. The number of carboxylic acids is 1. The molecule has 0 spiro atoms. The molecule has 2 nitrogen and oxygen atoms in total. The van der Waals surface area contributed by atoms with E-state index in [-0.39, 0.29) is 0 Å². The zero-order chi connectivity index (χ0) is 11.1. The van der Waals surface area contributed by atoms with Gasteiger partial charge < -0.3 is 5.11 Å². The Labute approximate surface area is 89.6 Å². The van der Waals surface area contributed by atoms with Crippen molar-refractivity contribution in [3.05, 3.63) is 53.6 Å². The molecule has 0 saturated heterocycles. The van der Waals surface area contributed by atoms with Gasteiger partial charge in [0.05, 0.1) is 0 Å². The Hall–Kier alpha value is -1.83. The first-order valence-corrected chi connectivity index (χ1v) is 4.89. The third-order valence-electron chi connectivity index (χ3n) is 2.03. The van der Waals surface area contributed by atoms with Crippen molar-refractivity contribution in [2.24, 2.45) is 0 Å². The second-order valence-electron chi connectivity index (χ2n) is 3.15. The summed E-state index contributed by atoms with van der Waals surface area (Å²) in [6.07, 6.45) is 7.24. The first-order chi connectivity index (χ1) is 7.22. The summed E-state index contributed by atoms with van der Waals surface area (Å²) in [4.78, 5) is 10.2. The number of carboxylic acid groups (broad SMARTS) is 1. The lowest BCUT2D eigenvalue weighted by Crippen LogP contribution is -1.84. The van der Waals surface area contributed by atoms with Gasteiger partial charge in [-0.3, -0.25) is 0 Å². The summed E-state index contributed by atoms with van der Waals surface area (Å²) < 4.78 is 0. The van der Waals surface area contributed by atoms with Crippen molar-refractivity contribution < 1.29 is 9.90 Å². The van der Waals surface area contributed by atoms with Crippen LogP contribution >= 0.6 is 0 Å². The summed E-state index contributed by atoms with van der Waals surface area (Å²) in [5, 5.41) is 8.36. The fraction of sp³-hybridized carbons (Fsp3) is 0.154. The maximum atomic E-state index is 10.2. The Morgan fingerprint density at radius 3 is 2.47 bits per heavy atom. The SMILES string of the molecule is CCc1ccc(C=CC=CC(=O)O)cc1. The van der Waals surface area contributed by atoms with Gasteiger partial charge in [-0.25, -0.2) is 4.79 Å². The third kappa shape index (κ3) is 4.27. The summed E-state index contributed by atoms with van der Waals surface area (Å²) in [5.74, 6) is -0.930. The summed E-state index contributed by atoms with van der Waals surface area (Å²) in [7, 11) is 0. The zero-order valence-electron chi connectivity index (χ0n) is 8.68. The number of carbonyl (C=O) groups is 1. The Morgan fingerprint density at radius 1 is 1.27 bits per heavy atom. The number of hydrogen-bond acceptors (Lipinski definition) is 1. The van der Waals surface area contributed by atoms with Gasteiger partial charge in [0, 0.05) is 6.08 Å². The van der Waals surface area contributed by atoms with Crippen LogP contribution in [0.5, 0.6) is 0 Å². The van der Waals surface area contributed by atoms with E-state index in [2.05, 4.69) is 19.1 Å². The first-order valence-electron chi connectivity index (χ1n) is 4.89. The molecule has 0 atom stereocenters. The van der Waals surface area contributed by atoms with Crippen molar-refractivity contribution in [3.63, 3.8) is 0 Å². The van der Waals surface area contributed by atoms with E-state index < -0.39 is 5.97 Å². The van der Waals surface area contributed by atoms with Crippen LogP contribution in [-0.2, 0) is 11.2 Å². The van der Waals surface area contributed by atoms with Crippen LogP contribution in [-0.4, -0.2) is 11.1 Å². The largest absolute Gasteiger partial charge is 0.478 e. The van der Waals surface area contributed by atoms with E-state index in [1.54, 1.807) is 6.08 Å². The molecule has 1 rings (SSSR count). The molecular formula is C13H14O2. The van der Waals surface area contributed by atoms with E-state index >= 15 is 0 Å². The van der Waals surface area contributed by atoms with Crippen molar-refractivity contribution in [2.45, 2.75) is 13.3 Å². The van der Waals surface area contributed by atoms with Crippen LogP contribution < -0.4 is 0 Å². The lowest BCUT2D eigenvalue weighted by molar-refractivity contribution is -0.131. The highest BCUT2D eigenvalue weighted by Crippen LogP contribution is 2.06. The van der Waals surface area contributed by atoms with E-state index in [4.69, 9.17) is 5.11 Å². The molecule has 0 radical (unpaired) electrons. The average molecular weight is 202 g/mol. The Balaban J connectivity index is 2.61. The lowest BCUT2D eigenvalue weighted by atomic mass is 10.1. The molecular weight excluding hydrogens is 188 g/mol. The highest BCUT2D eigenvalue weighted by atomic mass is 16.4. The number of hydrogen-bond donors (Lipinski definition) is 1. The van der Waals surface area contributed by atoms with Gasteiger partial charge in [0.15, 0.2) is 0 Å². The van der Waals surface area contributed by atoms with E-state index in [1.807, 2.05) is 18.2 Å². The lowest BCUT2D eigenvalue weighted by Gasteiger charge is -1.96. The number of aliphatic carboxylic acids is 1. The second kappa shape index (κ2) is 5.81. The summed E-state index contributed by atoms with van der Waals surface area (Å²) in [5.41, 5.74) is 2.37. The van der Waals surface area contributed by atoms with Crippen molar-refractivity contribution in [2.75, 3.05) is 0 Å². The molecule has 0 fully saturated rings. The molecule has 0 amide bonds. The number of allylic oxidation sites excluding steroid dienone is 2. The molecule has 1 N–H and O–H groups in total.